The standard InChI is InChI=1S/C15H19NO2/c1-2-3-4-7-13-8-5-9-14(12-13)10-6-11-18-15(16)17/h5,8-9,12H,2-3,6,10-11H2,1H3,(H2,16,17). The van der Waals surface area contributed by atoms with Gasteiger partial charge in [0.1, 0.15) is 0 Å². The molecule has 1 aromatic carbocycles. The molecular formula is C15H19NO2. The maximum atomic E-state index is 10.4. The highest BCUT2D eigenvalue weighted by Gasteiger charge is 1.97. The third kappa shape index (κ3) is 5.95. The van der Waals surface area contributed by atoms with Crippen LogP contribution in [0.5, 0.6) is 0 Å². The average molecular weight is 245 g/mol. The lowest BCUT2D eigenvalue weighted by molar-refractivity contribution is 0.155. The zero-order valence-corrected chi connectivity index (χ0v) is 10.7. The summed E-state index contributed by atoms with van der Waals surface area (Å²) in [5.74, 6) is 6.26. The average Bonchev–Trinajstić information content (AvgIpc) is 2.35. The molecular weight excluding hydrogens is 226 g/mol. The molecule has 1 aromatic rings. The van der Waals surface area contributed by atoms with E-state index in [1.165, 1.54) is 5.56 Å². The van der Waals surface area contributed by atoms with Crippen molar-refractivity contribution in [2.45, 2.75) is 32.6 Å². The largest absolute Gasteiger partial charge is 0.450 e. The second kappa shape index (κ2) is 8.19. The second-order valence-corrected chi connectivity index (χ2v) is 4.02. The van der Waals surface area contributed by atoms with Crippen molar-refractivity contribution >= 4 is 6.09 Å². The summed E-state index contributed by atoms with van der Waals surface area (Å²) in [4.78, 5) is 10.4. The van der Waals surface area contributed by atoms with Crippen molar-refractivity contribution < 1.29 is 9.53 Å². The Balaban J connectivity index is 2.45. The number of rotatable bonds is 5. The molecule has 1 amide bonds. The van der Waals surface area contributed by atoms with Gasteiger partial charge in [-0.3, -0.25) is 0 Å². The van der Waals surface area contributed by atoms with Crippen LogP contribution < -0.4 is 5.73 Å². The Morgan fingerprint density at radius 2 is 2.28 bits per heavy atom. The number of ether oxygens (including phenoxy) is 1. The number of amides is 1. The quantitative estimate of drug-likeness (QED) is 0.640. The lowest BCUT2D eigenvalue weighted by atomic mass is 10.1. The fourth-order valence-electron chi connectivity index (χ4n) is 1.54. The van der Waals surface area contributed by atoms with E-state index in [4.69, 9.17) is 5.73 Å². The van der Waals surface area contributed by atoms with Gasteiger partial charge in [0, 0.05) is 12.0 Å². The molecule has 0 heterocycles. The molecule has 0 bridgehead atoms. The number of benzene rings is 1. The molecule has 0 spiro atoms. The Morgan fingerprint density at radius 3 is 3.00 bits per heavy atom. The van der Waals surface area contributed by atoms with Gasteiger partial charge >= 0.3 is 6.09 Å². The van der Waals surface area contributed by atoms with Gasteiger partial charge in [-0.2, -0.15) is 0 Å². The molecule has 3 nitrogen and oxygen atoms in total. The van der Waals surface area contributed by atoms with E-state index in [0.717, 1.165) is 31.2 Å². The summed E-state index contributed by atoms with van der Waals surface area (Å²) in [6.07, 6.45) is 2.92. The van der Waals surface area contributed by atoms with Crippen molar-refractivity contribution in [1.82, 2.24) is 0 Å². The zero-order chi connectivity index (χ0) is 13.2. The second-order valence-electron chi connectivity index (χ2n) is 4.02. The first-order valence-corrected chi connectivity index (χ1v) is 6.22. The van der Waals surface area contributed by atoms with Gasteiger partial charge < -0.3 is 10.5 Å². The Morgan fingerprint density at radius 1 is 1.44 bits per heavy atom. The Kier molecular flexibility index (Phi) is 6.42. The summed E-state index contributed by atoms with van der Waals surface area (Å²) in [7, 11) is 0. The molecule has 0 aromatic heterocycles. The van der Waals surface area contributed by atoms with Crippen molar-refractivity contribution in [3.8, 4) is 11.8 Å². The monoisotopic (exact) mass is 245 g/mol. The van der Waals surface area contributed by atoms with Gasteiger partial charge in [-0.25, -0.2) is 4.79 Å². The third-order valence-electron chi connectivity index (χ3n) is 2.39. The van der Waals surface area contributed by atoms with Crippen LogP contribution >= 0.6 is 0 Å². The SMILES string of the molecule is CCCC#Cc1cccc(CCCOC(N)=O)c1. The minimum atomic E-state index is -0.714. The Hall–Kier alpha value is -1.95. The maximum Gasteiger partial charge on any atom is 0.404 e. The molecule has 0 unspecified atom stereocenters. The van der Waals surface area contributed by atoms with Crippen LogP contribution in [0.15, 0.2) is 24.3 Å². The lowest BCUT2D eigenvalue weighted by Crippen LogP contribution is -2.13. The lowest BCUT2D eigenvalue weighted by Gasteiger charge is -2.02. The van der Waals surface area contributed by atoms with E-state index in [0.29, 0.717) is 6.61 Å². The van der Waals surface area contributed by atoms with E-state index >= 15 is 0 Å². The van der Waals surface area contributed by atoms with E-state index < -0.39 is 6.09 Å². The first-order valence-electron chi connectivity index (χ1n) is 6.22. The van der Waals surface area contributed by atoms with Crippen LogP contribution in [-0.4, -0.2) is 12.7 Å². The van der Waals surface area contributed by atoms with Gasteiger partial charge in [0.05, 0.1) is 6.61 Å². The van der Waals surface area contributed by atoms with Crippen molar-refractivity contribution in [1.29, 1.82) is 0 Å². The van der Waals surface area contributed by atoms with Crippen LogP contribution in [0.1, 0.15) is 37.3 Å². The molecule has 1 rings (SSSR count). The molecule has 3 heteroatoms. The van der Waals surface area contributed by atoms with E-state index in [2.05, 4.69) is 35.6 Å². The topological polar surface area (TPSA) is 52.3 Å². The van der Waals surface area contributed by atoms with Crippen molar-refractivity contribution in [3.63, 3.8) is 0 Å². The number of hydrogen-bond acceptors (Lipinski definition) is 2. The molecule has 18 heavy (non-hydrogen) atoms. The zero-order valence-electron chi connectivity index (χ0n) is 10.7. The van der Waals surface area contributed by atoms with Gasteiger partial charge in [0.25, 0.3) is 0 Å². The number of aryl methyl sites for hydroxylation is 1. The van der Waals surface area contributed by atoms with Crippen molar-refractivity contribution in [2.75, 3.05) is 6.61 Å². The van der Waals surface area contributed by atoms with E-state index in [-0.39, 0.29) is 0 Å². The van der Waals surface area contributed by atoms with Gasteiger partial charge in [0.2, 0.25) is 0 Å². The summed E-state index contributed by atoms with van der Waals surface area (Å²) in [5.41, 5.74) is 7.12. The molecule has 0 saturated heterocycles. The van der Waals surface area contributed by atoms with Crippen LogP contribution in [0.3, 0.4) is 0 Å². The van der Waals surface area contributed by atoms with E-state index in [1.807, 2.05) is 12.1 Å². The predicted octanol–water partition coefficient (Wildman–Crippen LogP) is 2.87. The fraction of sp³-hybridized carbons (Fsp3) is 0.400. The third-order valence-corrected chi connectivity index (χ3v) is 2.39. The summed E-state index contributed by atoms with van der Waals surface area (Å²) in [6, 6.07) is 8.13. The van der Waals surface area contributed by atoms with Gasteiger partial charge in [-0.05, 0) is 37.0 Å². The molecule has 96 valence electrons. The van der Waals surface area contributed by atoms with Gasteiger partial charge in [-0.15, -0.1) is 0 Å². The molecule has 0 aliphatic carbocycles. The molecule has 2 N–H and O–H groups in total. The van der Waals surface area contributed by atoms with Crippen LogP contribution in [0.2, 0.25) is 0 Å². The normalized spacial score (nSPS) is 9.39. The summed E-state index contributed by atoms with van der Waals surface area (Å²) >= 11 is 0. The van der Waals surface area contributed by atoms with Gasteiger partial charge in [0.15, 0.2) is 0 Å². The number of hydrogen-bond donors (Lipinski definition) is 1. The minimum absolute atomic E-state index is 0.362. The predicted molar refractivity (Wildman–Crippen MR) is 72.1 cm³/mol. The molecule has 0 aliphatic rings. The van der Waals surface area contributed by atoms with Crippen LogP contribution in [0, 0.1) is 11.8 Å². The summed E-state index contributed by atoms with van der Waals surface area (Å²) < 4.78 is 4.68. The van der Waals surface area contributed by atoms with Crippen molar-refractivity contribution in [3.05, 3.63) is 35.4 Å². The molecule has 0 fully saturated rings. The Bertz CT molecular complexity index is 443. The number of carbonyl (C=O) groups excluding carboxylic acids is 1. The first-order chi connectivity index (χ1) is 8.72. The summed E-state index contributed by atoms with van der Waals surface area (Å²) in [5, 5.41) is 0. The molecule has 0 atom stereocenters. The highest BCUT2D eigenvalue weighted by atomic mass is 16.5. The number of unbranched alkanes of at least 4 members (excludes halogenated alkanes) is 1. The van der Waals surface area contributed by atoms with Crippen LogP contribution in [0.25, 0.3) is 0 Å². The number of primary amides is 1. The highest BCUT2D eigenvalue weighted by Crippen LogP contribution is 2.07. The smallest absolute Gasteiger partial charge is 0.404 e. The molecule has 0 radical (unpaired) electrons. The van der Waals surface area contributed by atoms with Crippen molar-refractivity contribution in [2.24, 2.45) is 5.73 Å². The van der Waals surface area contributed by atoms with Crippen LogP contribution in [0.4, 0.5) is 4.79 Å². The Labute approximate surface area is 108 Å². The minimum Gasteiger partial charge on any atom is -0.450 e. The first kappa shape index (κ1) is 14.1. The molecule has 0 saturated carbocycles. The van der Waals surface area contributed by atoms with E-state index in [1.54, 1.807) is 0 Å². The van der Waals surface area contributed by atoms with E-state index in [9.17, 15) is 4.79 Å². The number of carbonyl (C=O) groups is 1. The maximum absolute atomic E-state index is 10.4. The number of nitrogens with two attached hydrogens (primary N) is 1. The summed E-state index contributed by atoms with van der Waals surface area (Å²) in [6.45, 7) is 2.48. The molecule has 0 aliphatic heterocycles. The highest BCUT2D eigenvalue weighted by molar-refractivity contribution is 5.64. The van der Waals surface area contributed by atoms with Crippen LogP contribution in [-0.2, 0) is 11.2 Å². The van der Waals surface area contributed by atoms with Gasteiger partial charge in [-0.1, -0.05) is 30.9 Å². The fourth-order valence-corrected chi connectivity index (χ4v) is 1.54.